The van der Waals surface area contributed by atoms with Gasteiger partial charge in [0.15, 0.2) is 0 Å². The summed E-state index contributed by atoms with van der Waals surface area (Å²) in [6.45, 7) is 1.08. The second kappa shape index (κ2) is 8.50. The molecule has 1 heterocycles. The zero-order chi connectivity index (χ0) is 20.2. The molecule has 29 heavy (non-hydrogen) atoms. The number of hydrogen-bond donors (Lipinski definition) is 1. The lowest BCUT2D eigenvalue weighted by molar-refractivity contribution is -0.120. The maximum absolute atomic E-state index is 13.2. The lowest BCUT2D eigenvalue weighted by Crippen LogP contribution is -2.24. The fourth-order valence-electron chi connectivity index (χ4n) is 3.42. The Balaban J connectivity index is 1.50. The van der Waals surface area contributed by atoms with E-state index in [1.807, 2.05) is 54.7 Å². The number of rotatable bonds is 6. The topological polar surface area (TPSA) is 34.0 Å². The monoisotopic (exact) mass is 406 g/mol. The summed E-state index contributed by atoms with van der Waals surface area (Å²) in [7, 11) is 0. The fraction of sp³-hybridized carbons (Fsp3) is 0.125. The lowest BCUT2D eigenvalue weighted by Gasteiger charge is -2.05. The predicted octanol–water partition coefficient (Wildman–Crippen LogP) is 5.34. The van der Waals surface area contributed by atoms with E-state index in [1.54, 1.807) is 12.1 Å². The molecule has 4 aromatic rings. The first-order chi connectivity index (χ1) is 14.1. The zero-order valence-corrected chi connectivity index (χ0v) is 16.5. The molecule has 0 bridgehead atoms. The average molecular weight is 407 g/mol. The van der Waals surface area contributed by atoms with Gasteiger partial charge in [-0.05, 0) is 47.0 Å². The van der Waals surface area contributed by atoms with Crippen LogP contribution in [0.4, 0.5) is 4.39 Å². The normalized spacial score (nSPS) is 11.0. The van der Waals surface area contributed by atoms with Crippen LogP contribution in [-0.2, 0) is 24.3 Å². The summed E-state index contributed by atoms with van der Waals surface area (Å²) in [6.07, 6.45) is 2.31. The third kappa shape index (κ3) is 4.66. The van der Waals surface area contributed by atoms with Crippen LogP contribution >= 0.6 is 11.6 Å². The van der Waals surface area contributed by atoms with E-state index >= 15 is 0 Å². The molecular formula is C24H20ClFN2O. The van der Waals surface area contributed by atoms with Crippen molar-refractivity contribution in [3.05, 3.63) is 107 Å². The van der Waals surface area contributed by atoms with Crippen molar-refractivity contribution < 1.29 is 9.18 Å². The molecule has 0 spiro atoms. The highest BCUT2D eigenvalue weighted by atomic mass is 35.5. The summed E-state index contributed by atoms with van der Waals surface area (Å²) >= 11 is 5.90. The summed E-state index contributed by atoms with van der Waals surface area (Å²) in [4.78, 5) is 12.5. The molecule has 0 aliphatic carbocycles. The van der Waals surface area contributed by atoms with E-state index < -0.39 is 0 Å². The van der Waals surface area contributed by atoms with Crippen molar-refractivity contribution in [1.82, 2.24) is 9.88 Å². The van der Waals surface area contributed by atoms with Gasteiger partial charge in [-0.1, -0.05) is 54.1 Å². The van der Waals surface area contributed by atoms with Crippen molar-refractivity contribution >= 4 is 28.4 Å². The van der Waals surface area contributed by atoms with E-state index in [2.05, 4.69) is 9.88 Å². The molecular weight excluding hydrogens is 387 g/mol. The number of benzene rings is 3. The number of hydrogen-bond acceptors (Lipinski definition) is 1. The van der Waals surface area contributed by atoms with Gasteiger partial charge < -0.3 is 9.88 Å². The third-order valence-corrected chi connectivity index (χ3v) is 5.14. The molecule has 0 aliphatic heterocycles. The van der Waals surface area contributed by atoms with Gasteiger partial charge in [-0.15, -0.1) is 0 Å². The molecule has 3 aromatic carbocycles. The predicted molar refractivity (Wildman–Crippen MR) is 114 cm³/mol. The van der Waals surface area contributed by atoms with Gasteiger partial charge in [0, 0.05) is 35.2 Å². The van der Waals surface area contributed by atoms with Crippen molar-refractivity contribution in [3.63, 3.8) is 0 Å². The van der Waals surface area contributed by atoms with E-state index in [1.165, 1.54) is 12.1 Å². The van der Waals surface area contributed by atoms with Gasteiger partial charge in [0.05, 0.1) is 6.42 Å². The molecule has 0 radical (unpaired) electrons. The van der Waals surface area contributed by atoms with Gasteiger partial charge in [-0.3, -0.25) is 4.79 Å². The number of carbonyl (C=O) groups excluding carboxylic acids is 1. The van der Waals surface area contributed by atoms with Gasteiger partial charge in [-0.25, -0.2) is 4.39 Å². The molecule has 1 amide bonds. The second-order valence-electron chi connectivity index (χ2n) is 7.01. The van der Waals surface area contributed by atoms with Gasteiger partial charge in [0.25, 0.3) is 0 Å². The summed E-state index contributed by atoms with van der Waals surface area (Å²) < 4.78 is 15.3. The third-order valence-electron chi connectivity index (χ3n) is 4.89. The van der Waals surface area contributed by atoms with Gasteiger partial charge in [0.2, 0.25) is 5.91 Å². The van der Waals surface area contributed by atoms with Crippen LogP contribution in [-0.4, -0.2) is 10.5 Å². The van der Waals surface area contributed by atoms with Crippen LogP contribution in [0.25, 0.3) is 10.9 Å². The van der Waals surface area contributed by atoms with Crippen LogP contribution in [0.5, 0.6) is 0 Å². The maximum atomic E-state index is 13.2. The number of fused-ring (bicyclic) bond motifs is 1. The highest BCUT2D eigenvalue weighted by Gasteiger charge is 2.12. The number of carbonyl (C=O) groups is 1. The average Bonchev–Trinajstić information content (AvgIpc) is 3.07. The number of para-hydroxylation sites is 1. The Bertz CT molecular complexity index is 1130. The van der Waals surface area contributed by atoms with Gasteiger partial charge in [-0.2, -0.15) is 0 Å². The van der Waals surface area contributed by atoms with E-state index in [-0.39, 0.29) is 11.7 Å². The molecule has 4 rings (SSSR count). The van der Waals surface area contributed by atoms with Gasteiger partial charge >= 0.3 is 0 Å². The summed E-state index contributed by atoms with van der Waals surface area (Å²) in [6, 6.07) is 21.9. The quantitative estimate of drug-likeness (QED) is 0.460. The molecule has 1 N–H and O–H groups in total. The Kier molecular flexibility index (Phi) is 5.63. The highest BCUT2D eigenvalue weighted by molar-refractivity contribution is 6.30. The summed E-state index contributed by atoms with van der Waals surface area (Å²) in [5.41, 5.74) is 4.03. The minimum absolute atomic E-state index is 0.0374. The maximum Gasteiger partial charge on any atom is 0.224 e. The molecule has 0 fully saturated rings. The molecule has 146 valence electrons. The molecule has 0 aliphatic rings. The number of amides is 1. The van der Waals surface area contributed by atoms with E-state index in [9.17, 15) is 9.18 Å². The standard InChI is InChI=1S/C24H20ClFN2O/c25-20-9-5-17(6-10-20)14-27-24(29)13-19-16-28(23-4-2-1-3-22(19)23)15-18-7-11-21(26)12-8-18/h1-12,16H,13-15H2,(H,27,29). The van der Waals surface area contributed by atoms with E-state index in [0.29, 0.717) is 24.5 Å². The Morgan fingerprint density at radius 1 is 0.931 bits per heavy atom. The van der Waals surface area contributed by atoms with Crippen LogP contribution in [0.2, 0.25) is 5.02 Å². The number of halogens is 2. The molecule has 0 saturated heterocycles. The smallest absolute Gasteiger partial charge is 0.224 e. The van der Waals surface area contributed by atoms with E-state index in [4.69, 9.17) is 11.6 Å². The van der Waals surface area contributed by atoms with Crippen molar-refractivity contribution in [2.75, 3.05) is 0 Å². The van der Waals surface area contributed by atoms with Gasteiger partial charge in [0.1, 0.15) is 5.82 Å². The van der Waals surface area contributed by atoms with Crippen LogP contribution < -0.4 is 5.32 Å². The minimum atomic E-state index is -0.246. The Morgan fingerprint density at radius 3 is 2.38 bits per heavy atom. The fourth-order valence-corrected chi connectivity index (χ4v) is 3.55. The first-order valence-electron chi connectivity index (χ1n) is 9.41. The number of nitrogens with zero attached hydrogens (tertiary/aromatic N) is 1. The lowest BCUT2D eigenvalue weighted by atomic mass is 10.1. The number of aromatic nitrogens is 1. The first-order valence-corrected chi connectivity index (χ1v) is 9.78. The Hall–Kier alpha value is -3.11. The van der Waals surface area contributed by atoms with Crippen molar-refractivity contribution in [2.45, 2.75) is 19.5 Å². The largest absolute Gasteiger partial charge is 0.352 e. The van der Waals surface area contributed by atoms with Crippen molar-refractivity contribution in [3.8, 4) is 0 Å². The van der Waals surface area contributed by atoms with Crippen LogP contribution in [0.1, 0.15) is 16.7 Å². The molecule has 0 saturated carbocycles. The minimum Gasteiger partial charge on any atom is -0.352 e. The molecule has 0 unspecified atom stereocenters. The van der Waals surface area contributed by atoms with Crippen molar-refractivity contribution in [1.29, 1.82) is 0 Å². The van der Waals surface area contributed by atoms with Crippen molar-refractivity contribution in [2.24, 2.45) is 0 Å². The molecule has 1 aromatic heterocycles. The zero-order valence-electron chi connectivity index (χ0n) is 15.7. The van der Waals surface area contributed by atoms with Crippen LogP contribution in [0.3, 0.4) is 0 Å². The molecule has 5 heteroatoms. The molecule has 3 nitrogen and oxygen atoms in total. The SMILES string of the molecule is O=C(Cc1cn(Cc2ccc(F)cc2)c2ccccc12)NCc1ccc(Cl)cc1. The summed E-state index contributed by atoms with van der Waals surface area (Å²) in [5.74, 6) is -0.284. The Labute approximate surface area is 173 Å². The first kappa shape index (κ1) is 19.2. The van der Waals surface area contributed by atoms with Crippen LogP contribution in [0.15, 0.2) is 79.0 Å². The Morgan fingerprint density at radius 2 is 1.62 bits per heavy atom. The number of nitrogens with one attached hydrogen (secondary N) is 1. The second-order valence-corrected chi connectivity index (χ2v) is 7.44. The van der Waals surface area contributed by atoms with Crippen LogP contribution in [0, 0.1) is 5.82 Å². The molecule has 0 atom stereocenters. The summed E-state index contributed by atoms with van der Waals surface area (Å²) in [5, 5.41) is 4.69. The van der Waals surface area contributed by atoms with E-state index in [0.717, 1.165) is 27.6 Å². The highest BCUT2D eigenvalue weighted by Crippen LogP contribution is 2.23.